The van der Waals surface area contributed by atoms with E-state index < -0.39 is 0 Å². The van der Waals surface area contributed by atoms with Crippen LogP contribution in [0, 0.1) is 0 Å². The molecule has 0 fully saturated rings. The van der Waals surface area contributed by atoms with Crippen molar-refractivity contribution in [1.29, 1.82) is 0 Å². The normalized spacial score (nSPS) is 13.2. The summed E-state index contributed by atoms with van der Waals surface area (Å²) in [5, 5.41) is 3.85. The Morgan fingerprint density at radius 1 is 1.29 bits per heavy atom. The molecule has 1 N–H and O–H groups in total. The molecule has 0 radical (unpaired) electrons. The summed E-state index contributed by atoms with van der Waals surface area (Å²) in [5.41, 5.74) is 3.51. The van der Waals surface area contributed by atoms with E-state index in [4.69, 9.17) is 16.3 Å². The Morgan fingerprint density at radius 2 is 2.14 bits per heavy atom. The highest BCUT2D eigenvalue weighted by Crippen LogP contribution is 2.30. The van der Waals surface area contributed by atoms with Gasteiger partial charge in [0.15, 0.2) is 5.78 Å². The van der Waals surface area contributed by atoms with Crippen LogP contribution in [-0.4, -0.2) is 19.4 Å². The second kappa shape index (κ2) is 5.78. The van der Waals surface area contributed by atoms with Gasteiger partial charge in [0.05, 0.1) is 12.1 Å². The van der Waals surface area contributed by atoms with Crippen LogP contribution in [0.5, 0.6) is 5.75 Å². The van der Waals surface area contributed by atoms with Crippen molar-refractivity contribution in [3.8, 4) is 5.75 Å². The van der Waals surface area contributed by atoms with E-state index in [1.807, 2.05) is 18.2 Å². The molecule has 1 aliphatic rings. The van der Waals surface area contributed by atoms with E-state index in [0.717, 1.165) is 36.2 Å². The number of carbonyl (C=O) groups excluding carboxylic acids is 1. The summed E-state index contributed by atoms with van der Waals surface area (Å²) in [7, 11) is 1.55. The minimum Gasteiger partial charge on any atom is -0.495 e. The van der Waals surface area contributed by atoms with Gasteiger partial charge in [-0.05, 0) is 42.7 Å². The number of hydrogen-bond acceptors (Lipinski definition) is 3. The number of rotatable bonds is 3. The molecule has 0 saturated carbocycles. The van der Waals surface area contributed by atoms with Gasteiger partial charge >= 0.3 is 0 Å². The predicted octanol–water partition coefficient (Wildman–Crippen LogP) is 3.94. The summed E-state index contributed by atoms with van der Waals surface area (Å²) in [6, 6.07) is 10.9. The first-order valence-corrected chi connectivity index (χ1v) is 7.32. The number of ketones is 1. The van der Waals surface area contributed by atoms with Gasteiger partial charge in [0.25, 0.3) is 0 Å². The molecule has 2 aromatic carbocycles. The molecule has 0 bridgehead atoms. The van der Waals surface area contributed by atoms with E-state index in [1.54, 1.807) is 25.3 Å². The van der Waals surface area contributed by atoms with E-state index in [2.05, 4.69) is 5.32 Å². The highest BCUT2D eigenvalue weighted by molar-refractivity contribution is 6.32. The maximum absolute atomic E-state index is 12.8. The van der Waals surface area contributed by atoms with E-state index in [-0.39, 0.29) is 5.78 Å². The Kier molecular flexibility index (Phi) is 3.84. The van der Waals surface area contributed by atoms with Crippen molar-refractivity contribution in [3.63, 3.8) is 0 Å². The number of nitrogens with one attached hydrogen (secondary N) is 1. The van der Waals surface area contributed by atoms with Gasteiger partial charge in [0.2, 0.25) is 0 Å². The average Bonchev–Trinajstić information content (AvgIpc) is 2.54. The molecule has 1 heterocycles. The Balaban J connectivity index is 2.03. The van der Waals surface area contributed by atoms with Crippen LogP contribution >= 0.6 is 11.6 Å². The molecule has 0 aromatic heterocycles. The van der Waals surface area contributed by atoms with E-state index in [0.29, 0.717) is 16.3 Å². The van der Waals surface area contributed by atoms with Crippen molar-refractivity contribution in [3.05, 3.63) is 58.1 Å². The Bertz CT molecular complexity index is 697. The quantitative estimate of drug-likeness (QED) is 0.873. The SMILES string of the molecule is COc1cc(C(=O)c2cccc3c2CCCN3)ccc1Cl. The van der Waals surface area contributed by atoms with Gasteiger partial charge in [-0.15, -0.1) is 0 Å². The van der Waals surface area contributed by atoms with Gasteiger partial charge in [-0.25, -0.2) is 0 Å². The number of methoxy groups -OCH3 is 1. The fourth-order valence-corrected chi connectivity index (χ4v) is 2.87. The zero-order valence-corrected chi connectivity index (χ0v) is 12.5. The molecule has 1 aliphatic heterocycles. The smallest absolute Gasteiger partial charge is 0.193 e. The van der Waals surface area contributed by atoms with Crippen LogP contribution in [0.25, 0.3) is 0 Å². The lowest BCUT2D eigenvalue weighted by Crippen LogP contribution is -2.16. The number of ether oxygens (including phenoxy) is 1. The first-order valence-electron chi connectivity index (χ1n) is 6.94. The second-order valence-corrected chi connectivity index (χ2v) is 5.45. The average molecular weight is 302 g/mol. The number of carbonyl (C=O) groups is 1. The molecule has 0 unspecified atom stereocenters. The third-order valence-corrected chi connectivity index (χ3v) is 4.07. The summed E-state index contributed by atoms with van der Waals surface area (Å²) >= 11 is 6.02. The first-order chi connectivity index (χ1) is 10.2. The van der Waals surface area contributed by atoms with Crippen LogP contribution in [0.4, 0.5) is 5.69 Å². The number of halogens is 1. The Hall–Kier alpha value is -2.00. The van der Waals surface area contributed by atoms with Crippen molar-refractivity contribution < 1.29 is 9.53 Å². The molecule has 21 heavy (non-hydrogen) atoms. The van der Waals surface area contributed by atoms with Crippen molar-refractivity contribution >= 4 is 23.1 Å². The van der Waals surface area contributed by atoms with Crippen LogP contribution in [0.2, 0.25) is 5.02 Å². The molecule has 0 aliphatic carbocycles. The third kappa shape index (κ3) is 2.61. The largest absolute Gasteiger partial charge is 0.495 e. The second-order valence-electron chi connectivity index (χ2n) is 5.04. The summed E-state index contributed by atoms with van der Waals surface area (Å²) in [6.45, 7) is 0.958. The van der Waals surface area contributed by atoms with Crippen LogP contribution in [0.3, 0.4) is 0 Å². The van der Waals surface area contributed by atoms with E-state index in [9.17, 15) is 4.79 Å². The van der Waals surface area contributed by atoms with E-state index in [1.165, 1.54) is 0 Å². The molecular weight excluding hydrogens is 286 g/mol. The minimum atomic E-state index is 0.00511. The molecule has 2 aromatic rings. The highest BCUT2D eigenvalue weighted by atomic mass is 35.5. The molecular formula is C17H16ClNO2. The van der Waals surface area contributed by atoms with E-state index >= 15 is 0 Å². The zero-order chi connectivity index (χ0) is 14.8. The topological polar surface area (TPSA) is 38.3 Å². The Morgan fingerprint density at radius 3 is 2.95 bits per heavy atom. The van der Waals surface area contributed by atoms with Gasteiger partial charge in [0, 0.05) is 23.4 Å². The highest BCUT2D eigenvalue weighted by Gasteiger charge is 2.19. The lowest BCUT2D eigenvalue weighted by Gasteiger charge is -2.20. The van der Waals surface area contributed by atoms with Crippen LogP contribution < -0.4 is 10.1 Å². The van der Waals surface area contributed by atoms with Gasteiger partial charge in [-0.3, -0.25) is 4.79 Å². The molecule has 3 rings (SSSR count). The maximum atomic E-state index is 12.8. The molecule has 0 saturated heterocycles. The predicted molar refractivity (Wildman–Crippen MR) is 84.7 cm³/mol. The zero-order valence-electron chi connectivity index (χ0n) is 11.8. The maximum Gasteiger partial charge on any atom is 0.193 e. The number of fused-ring (bicyclic) bond motifs is 1. The number of hydrogen-bond donors (Lipinski definition) is 1. The van der Waals surface area contributed by atoms with Crippen LogP contribution in [-0.2, 0) is 6.42 Å². The first kappa shape index (κ1) is 14.0. The summed E-state index contributed by atoms with van der Waals surface area (Å²) in [4.78, 5) is 12.8. The van der Waals surface area contributed by atoms with Crippen molar-refractivity contribution in [2.24, 2.45) is 0 Å². The summed E-state index contributed by atoms with van der Waals surface area (Å²) in [6.07, 6.45) is 1.97. The third-order valence-electron chi connectivity index (χ3n) is 3.75. The lowest BCUT2D eigenvalue weighted by atomic mass is 9.92. The standard InChI is InChI=1S/C17H16ClNO2/c1-21-16-10-11(7-8-14(16)18)17(20)13-4-2-6-15-12(13)5-3-9-19-15/h2,4,6-8,10,19H,3,5,9H2,1H3. The molecule has 0 spiro atoms. The molecule has 3 nitrogen and oxygen atoms in total. The monoisotopic (exact) mass is 301 g/mol. The Labute approximate surface area is 128 Å². The summed E-state index contributed by atoms with van der Waals surface area (Å²) < 4.78 is 5.19. The van der Waals surface area contributed by atoms with Crippen molar-refractivity contribution in [2.45, 2.75) is 12.8 Å². The van der Waals surface area contributed by atoms with Gasteiger partial charge < -0.3 is 10.1 Å². The molecule has 4 heteroatoms. The molecule has 108 valence electrons. The lowest BCUT2D eigenvalue weighted by molar-refractivity contribution is 0.103. The number of benzene rings is 2. The van der Waals surface area contributed by atoms with Crippen molar-refractivity contribution in [2.75, 3.05) is 19.0 Å². The fraction of sp³-hybridized carbons (Fsp3) is 0.235. The molecule has 0 amide bonds. The van der Waals surface area contributed by atoms with Crippen LogP contribution in [0.1, 0.15) is 27.9 Å². The number of anilines is 1. The fourth-order valence-electron chi connectivity index (χ4n) is 2.68. The summed E-state index contributed by atoms with van der Waals surface area (Å²) in [5.74, 6) is 0.524. The van der Waals surface area contributed by atoms with Gasteiger partial charge in [-0.2, -0.15) is 0 Å². The molecule has 0 atom stereocenters. The minimum absolute atomic E-state index is 0.00511. The van der Waals surface area contributed by atoms with Gasteiger partial charge in [0.1, 0.15) is 5.75 Å². The van der Waals surface area contributed by atoms with Crippen molar-refractivity contribution in [1.82, 2.24) is 0 Å². The van der Waals surface area contributed by atoms with Crippen LogP contribution in [0.15, 0.2) is 36.4 Å². The van der Waals surface area contributed by atoms with Gasteiger partial charge in [-0.1, -0.05) is 23.7 Å².